The second kappa shape index (κ2) is 3.73. The van der Waals surface area contributed by atoms with Crippen LogP contribution in [-0.4, -0.2) is 18.7 Å². The molecule has 15 heavy (non-hydrogen) atoms. The molecule has 1 heterocycles. The van der Waals surface area contributed by atoms with Crippen LogP contribution in [0.1, 0.15) is 0 Å². The highest BCUT2D eigenvalue weighted by molar-refractivity contribution is 6.32. The molecule has 1 aromatic heterocycles. The first-order valence-electron chi connectivity index (χ1n) is 4.55. The van der Waals surface area contributed by atoms with Gasteiger partial charge in [0, 0.05) is 0 Å². The Labute approximate surface area is 87.7 Å². The van der Waals surface area contributed by atoms with Crippen LogP contribution in [0.25, 0.3) is 10.9 Å². The zero-order chi connectivity index (χ0) is 10.8. The predicted molar refractivity (Wildman–Crippen MR) is 59.7 cm³/mol. The van der Waals surface area contributed by atoms with Gasteiger partial charge in [-0.1, -0.05) is 24.3 Å². The molecule has 1 aromatic carbocycles. The van der Waals surface area contributed by atoms with E-state index in [9.17, 15) is 9.59 Å². The average Bonchev–Trinajstić information content (AvgIpc) is 2.25. The van der Waals surface area contributed by atoms with Gasteiger partial charge in [-0.25, -0.2) is 0 Å². The van der Waals surface area contributed by atoms with Crippen molar-refractivity contribution in [1.29, 1.82) is 0 Å². The molecule has 3 nitrogen and oxygen atoms in total. The third-order valence-corrected chi connectivity index (χ3v) is 2.29. The molecule has 0 aliphatic heterocycles. The fourth-order valence-corrected chi connectivity index (χ4v) is 1.61. The number of fused-ring (bicyclic) bond motifs is 1. The smallest absolute Gasteiger partial charge is 0.244 e. The Balaban J connectivity index is 2.88. The van der Waals surface area contributed by atoms with Crippen molar-refractivity contribution in [1.82, 2.24) is 4.57 Å². The number of hydrogen-bond acceptors (Lipinski definition) is 2. The van der Waals surface area contributed by atoms with E-state index < -0.39 is 0 Å². The summed E-state index contributed by atoms with van der Waals surface area (Å²) in [6.45, 7) is 0.0321. The van der Waals surface area contributed by atoms with E-state index in [0.717, 1.165) is 10.9 Å². The highest BCUT2D eigenvalue weighted by atomic mass is 16.1. The van der Waals surface area contributed by atoms with Crippen LogP contribution in [0.3, 0.4) is 0 Å². The molecular formula is C11H8BNO2. The largest absolute Gasteiger partial charge is 0.302 e. The maximum atomic E-state index is 11.7. The number of carbonyl (C=O) groups excluding carboxylic acids is 1. The zero-order valence-corrected chi connectivity index (χ0v) is 8.01. The lowest BCUT2D eigenvalue weighted by molar-refractivity contribution is -0.108. The molecule has 0 aliphatic rings. The summed E-state index contributed by atoms with van der Waals surface area (Å²) < 4.78 is 1.37. The summed E-state index contributed by atoms with van der Waals surface area (Å²) in [5.74, 6) is 0. The minimum atomic E-state index is -0.319. The Morgan fingerprint density at radius 2 is 2.07 bits per heavy atom. The number of hydrogen-bond donors (Lipinski definition) is 0. The molecule has 4 heteroatoms. The van der Waals surface area contributed by atoms with Gasteiger partial charge in [0.15, 0.2) is 0 Å². The van der Waals surface area contributed by atoms with Gasteiger partial charge >= 0.3 is 0 Å². The summed E-state index contributed by atoms with van der Waals surface area (Å²) in [6.07, 6.45) is 0.688. The Kier molecular flexibility index (Phi) is 2.41. The van der Waals surface area contributed by atoms with E-state index in [2.05, 4.69) is 0 Å². The van der Waals surface area contributed by atoms with E-state index in [0.29, 0.717) is 6.29 Å². The lowest BCUT2D eigenvalue weighted by Gasteiger charge is -2.08. The first-order chi connectivity index (χ1) is 7.24. The van der Waals surface area contributed by atoms with Gasteiger partial charge in [0.1, 0.15) is 14.1 Å². The molecule has 0 fully saturated rings. The first-order valence-corrected chi connectivity index (χ1v) is 4.55. The van der Waals surface area contributed by atoms with Crippen molar-refractivity contribution in [3.8, 4) is 0 Å². The van der Waals surface area contributed by atoms with Gasteiger partial charge < -0.3 is 9.36 Å². The van der Waals surface area contributed by atoms with E-state index in [1.54, 1.807) is 12.1 Å². The molecule has 0 unspecified atom stereocenters. The molecule has 0 aliphatic carbocycles. The van der Waals surface area contributed by atoms with Crippen LogP contribution in [0.2, 0.25) is 0 Å². The second-order valence-corrected chi connectivity index (χ2v) is 3.24. The van der Waals surface area contributed by atoms with Gasteiger partial charge in [-0.15, -0.1) is 0 Å². The van der Waals surface area contributed by atoms with Crippen LogP contribution in [0.5, 0.6) is 0 Å². The second-order valence-electron chi connectivity index (χ2n) is 3.24. The van der Waals surface area contributed by atoms with E-state index in [4.69, 9.17) is 7.85 Å². The van der Waals surface area contributed by atoms with E-state index in [-0.39, 0.29) is 17.6 Å². The van der Waals surface area contributed by atoms with Crippen LogP contribution in [-0.2, 0) is 11.3 Å². The molecule has 0 amide bonds. The quantitative estimate of drug-likeness (QED) is 0.501. The van der Waals surface area contributed by atoms with Gasteiger partial charge in [0.2, 0.25) is 5.56 Å². The summed E-state index contributed by atoms with van der Waals surface area (Å²) in [5.41, 5.74) is 0.570. The number of rotatable bonds is 2. The third kappa shape index (κ3) is 1.58. The lowest BCUT2D eigenvalue weighted by atomic mass is 9.96. The molecule has 0 spiro atoms. The van der Waals surface area contributed by atoms with Gasteiger partial charge in [-0.2, -0.15) is 0 Å². The van der Waals surface area contributed by atoms with E-state index in [1.165, 1.54) is 4.57 Å². The predicted octanol–water partition coefficient (Wildman–Crippen LogP) is -0.00580. The van der Waals surface area contributed by atoms with E-state index >= 15 is 0 Å². The monoisotopic (exact) mass is 197 g/mol. The van der Waals surface area contributed by atoms with Gasteiger partial charge in [0.25, 0.3) is 0 Å². The molecule has 0 atom stereocenters. The Morgan fingerprint density at radius 3 is 2.80 bits per heavy atom. The number of pyridine rings is 1. The van der Waals surface area contributed by atoms with Crippen molar-refractivity contribution in [2.75, 3.05) is 0 Å². The fraction of sp³-hybridized carbons (Fsp3) is 0.0909. The number of nitrogens with zero attached hydrogens (tertiary/aromatic N) is 1. The molecule has 72 valence electrons. The van der Waals surface area contributed by atoms with Crippen molar-refractivity contribution in [2.24, 2.45) is 0 Å². The summed E-state index contributed by atoms with van der Waals surface area (Å²) >= 11 is 0. The normalized spacial score (nSPS) is 10.4. The van der Waals surface area contributed by atoms with Crippen molar-refractivity contribution < 1.29 is 4.79 Å². The number of carbonyl (C=O) groups is 1. The molecule has 2 aromatic rings. The summed E-state index contributed by atoms with van der Waals surface area (Å²) in [7, 11) is 5.57. The standard InChI is InChI=1S/C11H8BNO2/c12-9-7-8-3-1-2-4-10(8)13(5-6-14)11(9)15/h1-4,6-7H,5H2. The highest BCUT2D eigenvalue weighted by Gasteiger charge is 2.04. The molecule has 2 rings (SSSR count). The molecule has 0 bridgehead atoms. The van der Waals surface area contributed by atoms with Crippen LogP contribution in [0, 0.1) is 0 Å². The van der Waals surface area contributed by atoms with Gasteiger partial charge in [0.05, 0.1) is 12.1 Å². The molecule has 2 radical (unpaired) electrons. The number of aromatic nitrogens is 1. The SMILES string of the molecule is [B]c1cc2ccccc2n(CC=O)c1=O. The third-order valence-electron chi connectivity index (χ3n) is 2.29. The summed E-state index contributed by atoms with van der Waals surface area (Å²) in [6, 6.07) is 8.95. The zero-order valence-electron chi connectivity index (χ0n) is 8.01. The van der Waals surface area contributed by atoms with Crippen LogP contribution in [0.4, 0.5) is 0 Å². The topological polar surface area (TPSA) is 39.1 Å². The van der Waals surface area contributed by atoms with Crippen molar-refractivity contribution in [3.63, 3.8) is 0 Å². The van der Waals surface area contributed by atoms with Crippen LogP contribution >= 0.6 is 0 Å². The highest BCUT2D eigenvalue weighted by Crippen LogP contribution is 2.09. The number of benzene rings is 1. The summed E-state index contributed by atoms with van der Waals surface area (Å²) in [5, 5.41) is 0.858. The Bertz CT molecular complexity index is 574. The van der Waals surface area contributed by atoms with Crippen LogP contribution < -0.4 is 11.0 Å². The van der Waals surface area contributed by atoms with Crippen molar-refractivity contribution in [3.05, 3.63) is 40.7 Å². The van der Waals surface area contributed by atoms with Gasteiger partial charge in [-0.05, 0) is 16.9 Å². The van der Waals surface area contributed by atoms with E-state index in [1.807, 2.05) is 18.2 Å². The van der Waals surface area contributed by atoms with Crippen LogP contribution in [0.15, 0.2) is 35.1 Å². The minimum Gasteiger partial charge on any atom is -0.302 e. The minimum absolute atomic E-state index is 0.0321. The van der Waals surface area contributed by atoms with Crippen molar-refractivity contribution in [2.45, 2.75) is 6.54 Å². The maximum Gasteiger partial charge on any atom is 0.244 e. The van der Waals surface area contributed by atoms with Crippen molar-refractivity contribution >= 4 is 30.5 Å². The molecular weight excluding hydrogens is 189 g/mol. The molecule has 0 N–H and O–H groups in total. The first kappa shape index (κ1) is 9.71. The lowest BCUT2D eigenvalue weighted by Crippen LogP contribution is -2.34. The Morgan fingerprint density at radius 1 is 1.33 bits per heavy atom. The maximum absolute atomic E-state index is 11.7. The average molecular weight is 197 g/mol. The van der Waals surface area contributed by atoms with Gasteiger partial charge in [-0.3, -0.25) is 4.79 Å². The summed E-state index contributed by atoms with van der Waals surface area (Å²) in [4.78, 5) is 22.1. The fourth-order valence-electron chi connectivity index (χ4n) is 1.61. The number of aldehydes is 1. The molecule has 0 saturated heterocycles. The Hall–Kier alpha value is -1.84. The number of para-hydroxylation sites is 1. The molecule has 0 saturated carbocycles.